The summed E-state index contributed by atoms with van der Waals surface area (Å²) in [6.07, 6.45) is 3.84. The topological polar surface area (TPSA) is 107 Å². The van der Waals surface area contributed by atoms with Crippen LogP contribution in [0.5, 0.6) is 5.75 Å². The van der Waals surface area contributed by atoms with Gasteiger partial charge in [-0.1, -0.05) is 12.1 Å². The fraction of sp³-hybridized carbons (Fsp3) is 0.464. The zero-order valence-corrected chi connectivity index (χ0v) is 22.5. The van der Waals surface area contributed by atoms with Crippen LogP contribution < -0.4 is 10.1 Å². The van der Waals surface area contributed by atoms with Gasteiger partial charge in [0.05, 0.1) is 42.3 Å². The second kappa shape index (κ2) is 9.93. The number of benzene rings is 2. The van der Waals surface area contributed by atoms with Crippen molar-refractivity contribution in [3.8, 4) is 5.75 Å². The minimum Gasteiger partial charge on any atom is -0.496 e. The van der Waals surface area contributed by atoms with Crippen molar-refractivity contribution in [3.05, 3.63) is 52.8 Å². The predicted molar refractivity (Wildman–Crippen MR) is 142 cm³/mol. The molecule has 2 heterocycles. The van der Waals surface area contributed by atoms with Gasteiger partial charge in [0.15, 0.2) is 9.84 Å². The van der Waals surface area contributed by atoms with Gasteiger partial charge in [0, 0.05) is 11.5 Å². The number of anilines is 1. The van der Waals surface area contributed by atoms with Crippen LogP contribution in [0.1, 0.15) is 67.1 Å². The van der Waals surface area contributed by atoms with Crippen molar-refractivity contribution < 1.29 is 22.7 Å². The monoisotopic (exact) mass is 523 g/mol. The molecule has 1 aromatic heterocycles. The van der Waals surface area contributed by atoms with Gasteiger partial charge in [0.1, 0.15) is 17.4 Å². The number of rotatable bonds is 6. The maximum absolute atomic E-state index is 12.5. The summed E-state index contributed by atoms with van der Waals surface area (Å²) in [6, 6.07) is 9.43. The summed E-state index contributed by atoms with van der Waals surface area (Å²) in [5, 5.41) is 4.44. The molecular formula is C28H33N3O5S. The van der Waals surface area contributed by atoms with Crippen molar-refractivity contribution in [3.63, 3.8) is 0 Å². The van der Waals surface area contributed by atoms with Crippen molar-refractivity contribution in [2.24, 2.45) is 5.92 Å². The summed E-state index contributed by atoms with van der Waals surface area (Å²) >= 11 is 0. The van der Waals surface area contributed by atoms with E-state index in [1.54, 1.807) is 13.2 Å². The number of sulfone groups is 1. The lowest BCUT2D eigenvalue weighted by molar-refractivity contribution is -0.146. The molecule has 196 valence electrons. The molecule has 1 N–H and O–H groups in total. The summed E-state index contributed by atoms with van der Waals surface area (Å²) in [6.45, 7) is 3.89. The maximum atomic E-state index is 12.5. The van der Waals surface area contributed by atoms with Crippen LogP contribution in [-0.4, -0.2) is 44.3 Å². The molecule has 0 saturated heterocycles. The number of nitrogens with one attached hydrogen (secondary N) is 1. The minimum absolute atomic E-state index is 0.0480. The summed E-state index contributed by atoms with van der Waals surface area (Å²) in [4.78, 5) is 21.8. The number of nitrogens with zero attached hydrogens (tertiary/aromatic N) is 2. The fourth-order valence-electron chi connectivity index (χ4n) is 5.88. The van der Waals surface area contributed by atoms with E-state index in [-0.39, 0.29) is 29.6 Å². The van der Waals surface area contributed by atoms with Gasteiger partial charge in [0.25, 0.3) is 0 Å². The number of ether oxygens (including phenoxy) is 2. The minimum atomic E-state index is -3.21. The van der Waals surface area contributed by atoms with Crippen molar-refractivity contribution in [1.82, 2.24) is 9.97 Å². The molecular weight excluding hydrogens is 490 g/mol. The van der Waals surface area contributed by atoms with E-state index < -0.39 is 9.84 Å². The zero-order chi connectivity index (χ0) is 26.3. The maximum Gasteiger partial charge on any atom is 0.308 e. The Morgan fingerprint density at radius 2 is 1.86 bits per heavy atom. The third-order valence-corrected chi connectivity index (χ3v) is 9.60. The molecule has 1 atom stereocenters. The second-order valence-electron chi connectivity index (χ2n) is 10.1. The predicted octanol–water partition coefficient (Wildman–Crippen LogP) is 4.90. The van der Waals surface area contributed by atoms with Gasteiger partial charge in [-0.2, -0.15) is 0 Å². The second-order valence-corrected chi connectivity index (χ2v) is 12.1. The number of aromatic nitrogens is 2. The molecule has 37 heavy (non-hydrogen) atoms. The van der Waals surface area contributed by atoms with Gasteiger partial charge in [-0.15, -0.1) is 0 Å². The molecule has 0 bridgehead atoms. The lowest BCUT2D eigenvalue weighted by Gasteiger charge is -2.28. The van der Waals surface area contributed by atoms with E-state index in [0.29, 0.717) is 23.0 Å². The van der Waals surface area contributed by atoms with Gasteiger partial charge in [-0.25, -0.2) is 18.4 Å². The molecule has 1 aliphatic heterocycles. The van der Waals surface area contributed by atoms with Gasteiger partial charge in [-0.05, 0) is 80.7 Å². The fourth-order valence-corrected chi connectivity index (χ4v) is 7.45. The highest BCUT2D eigenvalue weighted by Gasteiger charge is 2.31. The van der Waals surface area contributed by atoms with Crippen molar-refractivity contribution >= 4 is 32.5 Å². The summed E-state index contributed by atoms with van der Waals surface area (Å²) in [5.74, 6) is 2.37. The number of aryl methyl sites for hydroxylation is 1. The van der Waals surface area contributed by atoms with Crippen LogP contribution >= 0.6 is 0 Å². The van der Waals surface area contributed by atoms with Crippen LogP contribution in [0.2, 0.25) is 0 Å². The van der Waals surface area contributed by atoms with Crippen LogP contribution in [-0.2, 0) is 25.8 Å². The van der Waals surface area contributed by atoms with Crippen molar-refractivity contribution in [2.45, 2.75) is 62.8 Å². The number of methoxy groups -OCH3 is 2. The third kappa shape index (κ3) is 4.77. The van der Waals surface area contributed by atoms with E-state index in [4.69, 9.17) is 14.5 Å². The first-order valence-electron chi connectivity index (χ1n) is 12.8. The number of carbonyl (C=O) groups excluding carboxylic acids is 1. The summed E-state index contributed by atoms with van der Waals surface area (Å²) in [5.41, 5.74) is 3.74. The molecule has 0 radical (unpaired) electrons. The highest BCUT2D eigenvalue weighted by Crippen LogP contribution is 2.42. The Labute approximate surface area is 217 Å². The Hall–Kier alpha value is -3.20. The lowest BCUT2D eigenvalue weighted by atomic mass is 9.78. The number of carbonyl (C=O) groups is 1. The van der Waals surface area contributed by atoms with Gasteiger partial charge in [-0.3, -0.25) is 4.79 Å². The van der Waals surface area contributed by atoms with Crippen LogP contribution in [0.3, 0.4) is 0 Å². The van der Waals surface area contributed by atoms with Gasteiger partial charge >= 0.3 is 5.97 Å². The summed E-state index contributed by atoms with van der Waals surface area (Å²) in [7, 11) is -0.0930. The van der Waals surface area contributed by atoms with E-state index in [0.717, 1.165) is 59.0 Å². The van der Waals surface area contributed by atoms with Crippen LogP contribution in [0, 0.1) is 12.8 Å². The average Bonchev–Trinajstić information content (AvgIpc) is 3.21. The molecule has 2 aromatic carbocycles. The van der Waals surface area contributed by atoms with E-state index in [9.17, 15) is 13.2 Å². The van der Waals surface area contributed by atoms with Crippen molar-refractivity contribution in [1.29, 1.82) is 0 Å². The first kappa shape index (κ1) is 25.4. The molecule has 1 fully saturated rings. The van der Waals surface area contributed by atoms with E-state index in [2.05, 4.69) is 16.4 Å². The third-order valence-electron chi connectivity index (χ3n) is 7.81. The molecule has 5 rings (SSSR count). The molecule has 0 unspecified atom stereocenters. The Kier molecular flexibility index (Phi) is 6.83. The normalized spacial score (nSPS) is 21.3. The SMILES string of the molecule is COc1cc2nc(C)nc(N[C@H](C)c3cccc4c3CCS4(=O)=O)c2cc1[C@H]1CC[C@H](C(=O)OC)CC1. The number of fused-ring (bicyclic) bond motifs is 2. The lowest BCUT2D eigenvalue weighted by Crippen LogP contribution is -2.22. The number of esters is 1. The standard InChI is InChI=1S/C28H33N3O5S/c1-16(20-6-5-7-26-21(20)12-13-37(26,33)34)29-27-23-14-22(18-8-10-19(11-9-18)28(32)36-4)25(35-3)15-24(23)30-17(2)31-27/h5-7,14-16,18-19H,8-13H2,1-4H3,(H,29,30,31)/t16-,18-,19-/m1/s1. The molecule has 2 aliphatic rings. The zero-order valence-electron chi connectivity index (χ0n) is 21.7. The number of hydrogen-bond donors (Lipinski definition) is 1. The van der Waals surface area contributed by atoms with Crippen LogP contribution in [0.4, 0.5) is 5.82 Å². The molecule has 3 aromatic rings. The molecule has 9 heteroatoms. The molecule has 1 aliphatic carbocycles. The molecule has 0 amide bonds. The molecule has 1 saturated carbocycles. The van der Waals surface area contributed by atoms with Gasteiger partial charge < -0.3 is 14.8 Å². The van der Waals surface area contributed by atoms with Gasteiger partial charge in [0.2, 0.25) is 0 Å². The van der Waals surface area contributed by atoms with E-state index >= 15 is 0 Å². The average molecular weight is 524 g/mol. The first-order valence-corrected chi connectivity index (χ1v) is 14.4. The first-order chi connectivity index (χ1) is 17.7. The van der Waals surface area contributed by atoms with Crippen LogP contribution in [0.25, 0.3) is 10.9 Å². The van der Waals surface area contributed by atoms with E-state index in [1.165, 1.54) is 7.11 Å². The highest BCUT2D eigenvalue weighted by molar-refractivity contribution is 7.91. The highest BCUT2D eigenvalue weighted by atomic mass is 32.2. The Morgan fingerprint density at radius 3 is 2.57 bits per heavy atom. The Morgan fingerprint density at radius 1 is 1.11 bits per heavy atom. The summed E-state index contributed by atoms with van der Waals surface area (Å²) < 4.78 is 35.6. The quantitative estimate of drug-likeness (QED) is 0.455. The Balaban J connectivity index is 1.50. The van der Waals surface area contributed by atoms with Crippen LogP contribution in [0.15, 0.2) is 35.2 Å². The smallest absolute Gasteiger partial charge is 0.308 e. The van der Waals surface area contributed by atoms with Crippen molar-refractivity contribution in [2.75, 3.05) is 25.3 Å². The largest absolute Gasteiger partial charge is 0.496 e. The molecule has 8 nitrogen and oxygen atoms in total. The molecule has 0 spiro atoms. The number of hydrogen-bond acceptors (Lipinski definition) is 8. The van der Waals surface area contributed by atoms with E-state index in [1.807, 2.05) is 32.0 Å². The Bertz CT molecular complexity index is 1460.